The average molecular weight is 379 g/mol. The third kappa shape index (κ3) is 4.17. The highest BCUT2D eigenvalue weighted by atomic mass is 32.2. The van der Waals surface area contributed by atoms with Gasteiger partial charge in [0, 0.05) is 29.7 Å². The van der Waals surface area contributed by atoms with Gasteiger partial charge in [-0.3, -0.25) is 4.79 Å². The van der Waals surface area contributed by atoms with Gasteiger partial charge in [-0.25, -0.2) is 4.98 Å². The fourth-order valence-corrected chi connectivity index (χ4v) is 4.01. The van der Waals surface area contributed by atoms with Gasteiger partial charge >= 0.3 is 0 Å². The number of carbonyl (C=O) groups excluding carboxylic acids is 1. The maximum Gasteiger partial charge on any atom is 0.228 e. The number of anilines is 1. The van der Waals surface area contributed by atoms with Gasteiger partial charge in [0.05, 0.1) is 18.7 Å². The normalized spacial score (nSPS) is 12.6. The lowest BCUT2D eigenvalue weighted by Crippen LogP contribution is -2.14. The number of ether oxygens (including phenoxy) is 1. The highest BCUT2D eigenvalue weighted by molar-refractivity contribution is 7.99. The van der Waals surface area contributed by atoms with E-state index >= 15 is 0 Å². The second kappa shape index (κ2) is 7.88. The Morgan fingerprint density at radius 2 is 2.11 bits per heavy atom. The molecule has 0 aliphatic carbocycles. The Labute approximate surface area is 162 Å². The Morgan fingerprint density at radius 3 is 2.89 bits per heavy atom. The van der Waals surface area contributed by atoms with E-state index in [1.165, 1.54) is 0 Å². The predicted octanol–water partition coefficient (Wildman–Crippen LogP) is 4.24. The predicted molar refractivity (Wildman–Crippen MR) is 108 cm³/mol. The molecule has 0 saturated heterocycles. The van der Waals surface area contributed by atoms with Gasteiger partial charge in [0.15, 0.2) is 5.16 Å². The van der Waals surface area contributed by atoms with Crippen molar-refractivity contribution in [3.8, 4) is 17.0 Å². The minimum atomic E-state index is -0.0424. The first-order chi connectivity index (χ1) is 13.2. The third-order valence-electron chi connectivity index (χ3n) is 4.34. The number of amides is 1. The van der Waals surface area contributed by atoms with Crippen LogP contribution in [0.5, 0.6) is 5.75 Å². The maximum atomic E-state index is 12.4. The van der Waals surface area contributed by atoms with Crippen LogP contribution in [0.3, 0.4) is 0 Å². The summed E-state index contributed by atoms with van der Waals surface area (Å²) in [4.78, 5) is 17.1. The molecule has 0 bridgehead atoms. The Hall–Kier alpha value is -2.73. The maximum absolute atomic E-state index is 12.4. The zero-order valence-electron chi connectivity index (χ0n) is 15.1. The molecule has 4 rings (SSSR count). The molecule has 0 radical (unpaired) electrons. The highest BCUT2D eigenvalue weighted by Gasteiger charge is 2.15. The zero-order chi connectivity index (χ0) is 18.6. The fraction of sp³-hybridized carbons (Fsp3) is 0.238. The van der Waals surface area contributed by atoms with Crippen LogP contribution in [0.15, 0.2) is 59.9 Å². The third-order valence-corrected chi connectivity index (χ3v) is 5.32. The average Bonchev–Trinajstić information content (AvgIpc) is 3.26. The van der Waals surface area contributed by atoms with Gasteiger partial charge in [-0.1, -0.05) is 36.0 Å². The molecule has 1 aromatic heterocycles. The molecule has 1 aliphatic heterocycles. The van der Waals surface area contributed by atoms with Gasteiger partial charge in [-0.2, -0.15) is 0 Å². The van der Waals surface area contributed by atoms with E-state index in [1.54, 1.807) is 11.8 Å². The SMILES string of the molecule is CCOc1ccc(CC(=O)Nc2cccc(-c3cn4c(n3)SCC4)c2)cc1. The van der Waals surface area contributed by atoms with Crippen LogP contribution < -0.4 is 10.1 Å². The van der Waals surface area contributed by atoms with Crippen molar-refractivity contribution in [2.45, 2.75) is 25.0 Å². The van der Waals surface area contributed by atoms with Crippen molar-refractivity contribution in [3.63, 3.8) is 0 Å². The van der Waals surface area contributed by atoms with Crippen LogP contribution in [-0.4, -0.2) is 27.8 Å². The largest absolute Gasteiger partial charge is 0.494 e. The van der Waals surface area contributed by atoms with Crippen LogP contribution in [0.1, 0.15) is 12.5 Å². The van der Waals surface area contributed by atoms with Crippen molar-refractivity contribution in [2.24, 2.45) is 0 Å². The van der Waals surface area contributed by atoms with Gasteiger partial charge < -0.3 is 14.6 Å². The summed E-state index contributed by atoms with van der Waals surface area (Å²) >= 11 is 1.78. The van der Waals surface area contributed by atoms with E-state index < -0.39 is 0 Å². The van der Waals surface area contributed by atoms with E-state index in [1.807, 2.05) is 55.5 Å². The molecular formula is C21H21N3O2S. The van der Waals surface area contributed by atoms with Crippen LogP contribution in [0, 0.1) is 0 Å². The van der Waals surface area contributed by atoms with Gasteiger partial charge in [-0.15, -0.1) is 0 Å². The summed E-state index contributed by atoms with van der Waals surface area (Å²) in [6, 6.07) is 15.5. The summed E-state index contributed by atoms with van der Waals surface area (Å²) in [5.41, 5.74) is 3.69. The number of fused-ring (bicyclic) bond motifs is 1. The Bertz CT molecular complexity index is 929. The number of aryl methyl sites for hydroxylation is 1. The van der Waals surface area contributed by atoms with E-state index in [9.17, 15) is 4.79 Å². The van der Waals surface area contributed by atoms with Crippen LogP contribution in [0.2, 0.25) is 0 Å². The molecule has 2 heterocycles. The van der Waals surface area contributed by atoms with E-state index in [-0.39, 0.29) is 5.91 Å². The molecule has 0 spiro atoms. The summed E-state index contributed by atoms with van der Waals surface area (Å²) in [7, 11) is 0. The molecule has 1 N–H and O–H groups in total. The molecular weight excluding hydrogens is 358 g/mol. The Morgan fingerprint density at radius 1 is 1.26 bits per heavy atom. The van der Waals surface area contributed by atoms with E-state index in [2.05, 4.69) is 21.1 Å². The summed E-state index contributed by atoms with van der Waals surface area (Å²) in [5.74, 6) is 1.86. The van der Waals surface area contributed by atoms with Crippen LogP contribution >= 0.6 is 11.8 Å². The van der Waals surface area contributed by atoms with Gasteiger partial charge in [0.25, 0.3) is 0 Å². The van der Waals surface area contributed by atoms with E-state index in [0.717, 1.165) is 45.7 Å². The summed E-state index contributed by atoms with van der Waals surface area (Å²) in [6.07, 6.45) is 2.41. The summed E-state index contributed by atoms with van der Waals surface area (Å²) in [5, 5.41) is 4.04. The zero-order valence-corrected chi connectivity index (χ0v) is 16.0. The number of nitrogens with zero attached hydrogens (tertiary/aromatic N) is 2. The van der Waals surface area contributed by atoms with Crippen molar-refractivity contribution in [2.75, 3.05) is 17.7 Å². The lowest BCUT2D eigenvalue weighted by atomic mass is 10.1. The van der Waals surface area contributed by atoms with Crippen molar-refractivity contribution >= 4 is 23.4 Å². The second-order valence-electron chi connectivity index (χ2n) is 6.33. The fourth-order valence-electron chi connectivity index (χ4n) is 3.07. The standard InChI is InChI=1S/C21H21N3O2S/c1-2-26-18-8-6-15(7-9-18)12-20(25)22-17-5-3-4-16(13-17)19-14-24-10-11-27-21(24)23-19/h3-9,13-14H,2,10-12H2,1H3,(H,22,25). The second-order valence-corrected chi connectivity index (χ2v) is 7.40. The van der Waals surface area contributed by atoms with Crippen LogP contribution in [-0.2, 0) is 17.8 Å². The molecule has 27 heavy (non-hydrogen) atoms. The van der Waals surface area contributed by atoms with Gasteiger partial charge in [0.2, 0.25) is 5.91 Å². The number of nitrogens with one attached hydrogen (secondary N) is 1. The van der Waals surface area contributed by atoms with Crippen molar-refractivity contribution in [1.82, 2.24) is 9.55 Å². The number of rotatable bonds is 6. The van der Waals surface area contributed by atoms with E-state index in [0.29, 0.717) is 13.0 Å². The molecule has 0 fully saturated rings. The number of aromatic nitrogens is 2. The van der Waals surface area contributed by atoms with Crippen molar-refractivity contribution < 1.29 is 9.53 Å². The smallest absolute Gasteiger partial charge is 0.228 e. The Balaban J connectivity index is 1.42. The van der Waals surface area contributed by atoms with Crippen LogP contribution in [0.4, 0.5) is 5.69 Å². The van der Waals surface area contributed by atoms with Gasteiger partial charge in [0.1, 0.15) is 5.75 Å². The first-order valence-corrected chi connectivity index (χ1v) is 10.0. The molecule has 0 unspecified atom stereocenters. The van der Waals surface area contributed by atoms with Crippen molar-refractivity contribution in [1.29, 1.82) is 0 Å². The quantitative estimate of drug-likeness (QED) is 0.696. The molecule has 5 nitrogen and oxygen atoms in total. The number of hydrogen-bond donors (Lipinski definition) is 1. The first-order valence-electron chi connectivity index (χ1n) is 9.03. The summed E-state index contributed by atoms with van der Waals surface area (Å²) in [6.45, 7) is 3.59. The van der Waals surface area contributed by atoms with Crippen molar-refractivity contribution in [3.05, 3.63) is 60.3 Å². The van der Waals surface area contributed by atoms with Crippen LogP contribution in [0.25, 0.3) is 11.3 Å². The Kier molecular flexibility index (Phi) is 5.16. The molecule has 1 aliphatic rings. The number of hydrogen-bond acceptors (Lipinski definition) is 4. The topological polar surface area (TPSA) is 56.1 Å². The van der Waals surface area contributed by atoms with Gasteiger partial charge in [-0.05, 0) is 36.8 Å². The minimum absolute atomic E-state index is 0.0424. The summed E-state index contributed by atoms with van der Waals surface area (Å²) < 4.78 is 7.61. The molecule has 3 aromatic rings. The molecule has 6 heteroatoms. The highest BCUT2D eigenvalue weighted by Crippen LogP contribution is 2.29. The van der Waals surface area contributed by atoms with E-state index in [4.69, 9.17) is 4.74 Å². The number of imidazole rings is 1. The first kappa shape index (κ1) is 17.7. The number of carbonyl (C=O) groups is 1. The molecule has 0 saturated carbocycles. The lowest BCUT2D eigenvalue weighted by molar-refractivity contribution is -0.115. The number of benzene rings is 2. The molecule has 1 amide bonds. The molecule has 138 valence electrons. The lowest BCUT2D eigenvalue weighted by Gasteiger charge is -2.08. The minimum Gasteiger partial charge on any atom is -0.494 e. The molecule has 2 aromatic carbocycles. The molecule has 0 atom stereocenters. The monoisotopic (exact) mass is 379 g/mol. The number of thioether (sulfide) groups is 1.